The first-order valence-corrected chi connectivity index (χ1v) is 5.69. The van der Waals surface area contributed by atoms with E-state index in [9.17, 15) is 9.59 Å². The van der Waals surface area contributed by atoms with Gasteiger partial charge in [0.1, 0.15) is 0 Å². The van der Waals surface area contributed by atoms with E-state index in [0.717, 1.165) is 5.56 Å². The molecule has 0 spiro atoms. The number of aliphatic hydroxyl groups is 1. The molecule has 2 atom stereocenters. The van der Waals surface area contributed by atoms with Crippen LogP contribution >= 0.6 is 0 Å². The highest BCUT2D eigenvalue weighted by Gasteiger charge is 2.25. The van der Waals surface area contributed by atoms with Crippen molar-refractivity contribution in [1.82, 2.24) is 0 Å². The summed E-state index contributed by atoms with van der Waals surface area (Å²) in [4.78, 5) is 22.6. The topological polar surface area (TPSA) is 86.6 Å². The summed E-state index contributed by atoms with van der Waals surface area (Å²) in [6.07, 6.45) is 0. The second kappa shape index (κ2) is 6.16. The lowest BCUT2D eigenvalue weighted by Gasteiger charge is -2.15. The van der Waals surface area contributed by atoms with Crippen LogP contribution in [-0.4, -0.2) is 22.1 Å². The molecule has 1 rings (SSSR count). The molecule has 0 bridgehead atoms. The number of carbonyl (C=O) groups excluding carboxylic acids is 1. The third kappa shape index (κ3) is 3.56. The predicted molar refractivity (Wildman–Crippen MR) is 67.0 cm³/mol. The van der Waals surface area contributed by atoms with Crippen LogP contribution in [0.2, 0.25) is 0 Å². The standard InChI is InChI=1S/C13H17NO4/c1-8(9(2)13(17)18)12(16)14-11-5-3-10(7-15)4-6-11/h3-6,8-9,15H,7H2,1-2H3,(H,14,16)(H,17,18). The Morgan fingerprint density at radius 2 is 1.72 bits per heavy atom. The van der Waals surface area contributed by atoms with Crippen molar-refractivity contribution in [2.75, 3.05) is 5.32 Å². The van der Waals surface area contributed by atoms with E-state index in [1.54, 1.807) is 31.2 Å². The Labute approximate surface area is 105 Å². The van der Waals surface area contributed by atoms with Gasteiger partial charge >= 0.3 is 5.97 Å². The molecule has 1 aromatic carbocycles. The number of nitrogens with one attached hydrogen (secondary N) is 1. The molecule has 0 saturated heterocycles. The number of carboxylic acids is 1. The number of rotatable bonds is 5. The van der Waals surface area contributed by atoms with Crippen molar-refractivity contribution >= 4 is 17.6 Å². The lowest BCUT2D eigenvalue weighted by atomic mass is 9.95. The minimum Gasteiger partial charge on any atom is -0.481 e. The van der Waals surface area contributed by atoms with E-state index in [0.29, 0.717) is 5.69 Å². The number of hydrogen-bond donors (Lipinski definition) is 3. The highest BCUT2D eigenvalue weighted by Crippen LogP contribution is 2.15. The van der Waals surface area contributed by atoms with Crippen LogP contribution < -0.4 is 5.32 Å². The maximum absolute atomic E-state index is 11.8. The molecule has 0 aliphatic heterocycles. The van der Waals surface area contributed by atoms with Gasteiger partial charge < -0.3 is 15.5 Å². The van der Waals surface area contributed by atoms with Crippen LogP contribution in [0.3, 0.4) is 0 Å². The molecule has 5 heteroatoms. The molecule has 0 aliphatic rings. The summed E-state index contributed by atoms with van der Waals surface area (Å²) < 4.78 is 0. The maximum Gasteiger partial charge on any atom is 0.307 e. The number of carbonyl (C=O) groups is 2. The molecule has 2 unspecified atom stereocenters. The fourth-order valence-electron chi connectivity index (χ4n) is 1.39. The monoisotopic (exact) mass is 251 g/mol. The largest absolute Gasteiger partial charge is 0.481 e. The zero-order chi connectivity index (χ0) is 13.7. The van der Waals surface area contributed by atoms with Gasteiger partial charge in [-0.2, -0.15) is 0 Å². The first-order valence-electron chi connectivity index (χ1n) is 5.69. The Bertz CT molecular complexity index is 427. The zero-order valence-electron chi connectivity index (χ0n) is 10.4. The number of carboxylic acid groups (broad SMARTS) is 1. The van der Waals surface area contributed by atoms with Crippen molar-refractivity contribution in [2.45, 2.75) is 20.5 Å². The van der Waals surface area contributed by atoms with Gasteiger partial charge in [0.05, 0.1) is 12.5 Å². The normalized spacial score (nSPS) is 13.7. The van der Waals surface area contributed by atoms with Crippen molar-refractivity contribution < 1.29 is 19.8 Å². The number of aliphatic hydroxyl groups excluding tert-OH is 1. The highest BCUT2D eigenvalue weighted by atomic mass is 16.4. The van der Waals surface area contributed by atoms with Gasteiger partial charge in [-0.25, -0.2) is 0 Å². The molecule has 5 nitrogen and oxygen atoms in total. The van der Waals surface area contributed by atoms with Gasteiger partial charge in [0.2, 0.25) is 5.91 Å². The molecule has 18 heavy (non-hydrogen) atoms. The Hall–Kier alpha value is -1.88. The van der Waals surface area contributed by atoms with E-state index in [1.807, 2.05) is 0 Å². The van der Waals surface area contributed by atoms with Gasteiger partial charge in [-0.05, 0) is 17.7 Å². The first kappa shape index (κ1) is 14.2. The second-order valence-corrected chi connectivity index (χ2v) is 4.26. The fraction of sp³-hybridized carbons (Fsp3) is 0.385. The summed E-state index contributed by atoms with van der Waals surface area (Å²) >= 11 is 0. The minimum absolute atomic E-state index is 0.0549. The smallest absolute Gasteiger partial charge is 0.307 e. The summed E-state index contributed by atoms with van der Waals surface area (Å²) in [5, 5.41) is 20.4. The molecular formula is C13H17NO4. The van der Waals surface area contributed by atoms with E-state index >= 15 is 0 Å². The van der Waals surface area contributed by atoms with Crippen molar-refractivity contribution in [2.24, 2.45) is 11.8 Å². The van der Waals surface area contributed by atoms with Crippen LogP contribution in [0.1, 0.15) is 19.4 Å². The Morgan fingerprint density at radius 3 is 2.17 bits per heavy atom. The van der Waals surface area contributed by atoms with Crippen molar-refractivity contribution in [1.29, 1.82) is 0 Å². The molecule has 1 amide bonds. The van der Waals surface area contributed by atoms with E-state index in [-0.39, 0.29) is 12.5 Å². The molecule has 0 fully saturated rings. The van der Waals surface area contributed by atoms with E-state index in [1.165, 1.54) is 6.92 Å². The highest BCUT2D eigenvalue weighted by molar-refractivity contribution is 5.94. The molecule has 0 saturated carbocycles. The molecular weight excluding hydrogens is 234 g/mol. The van der Waals surface area contributed by atoms with Crippen LogP contribution in [-0.2, 0) is 16.2 Å². The van der Waals surface area contributed by atoms with Crippen LogP contribution in [0.15, 0.2) is 24.3 Å². The lowest BCUT2D eigenvalue weighted by Crippen LogP contribution is -2.29. The number of anilines is 1. The third-order valence-corrected chi connectivity index (χ3v) is 2.96. The van der Waals surface area contributed by atoms with Gasteiger partial charge in [0, 0.05) is 11.6 Å². The molecule has 0 aromatic heterocycles. The number of amides is 1. The van der Waals surface area contributed by atoms with Crippen molar-refractivity contribution in [3.8, 4) is 0 Å². The molecule has 98 valence electrons. The molecule has 0 radical (unpaired) electrons. The van der Waals surface area contributed by atoms with Gasteiger partial charge in [0.15, 0.2) is 0 Å². The average molecular weight is 251 g/mol. The summed E-state index contributed by atoms with van der Waals surface area (Å²) in [6, 6.07) is 6.73. The molecule has 1 aromatic rings. The fourth-order valence-corrected chi connectivity index (χ4v) is 1.39. The zero-order valence-corrected chi connectivity index (χ0v) is 10.4. The van der Waals surface area contributed by atoms with Crippen molar-refractivity contribution in [3.63, 3.8) is 0 Å². The minimum atomic E-state index is -0.992. The van der Waals surface area contributed by atoms with Crippen LogP contribution in [0, 0.1) is 11.8 Å². The lowest BCUT2D eigenvalue weighted by molar-refractivity contribution is -0.145. The first-order chi connectivity index (χ1) is 8.45. The van der Waals surface area contributed by atoms with Crippen molar-refractivity contribution in [3.05, 3.63) is 29.8 Å². The summed E-state index contributed by atoms with van der Waals surface area (Å²) in [6.45, 7) is 3.03. The molecule has 0 aliphatic carbocycles. The third-order valence-electron chi connectivity index (χ3n) is 2.96. The van der Waals surface area contributed by atoms with Gasteiger partial charge in [-0.15, -0.1) is 0 Å². The quantitative estimate of drug-likeness (QED) is 0.739. The van der Waals surface area contributed by atoms with Gasteiger partial charge in [-0.1, -0.05) is 26.0 Å². The van der Waals surface area contributed by atoms with E-state index < -0.39 is 17.8 Å². The van der Waals surface area contributed by atoms with Gasteiger partial charge in [-0.3, -0.25) is 9.59 Å². The van der Waals surface area contributed by atoms with Gasteiger partial charge in [0.25, 0.3) is 0 Å². The SMILES string of the molecule is CC(C(=O)O)C(C)C(=O)Nc1ccc(CO)cc1. The second-order valence-electron chi connectivity index (χ2n) is 4.26. The number of aliphatic carboxylic acids is 1. The summed E-state index contributed by atoms with van der Waals surface area (Å²) in [5.74, 6) is -2.67. The Morgan fingerprint density at radius 1 is 1.17 bits per heavy atom. The molecule has 0 heterocycles. The predicted octanol–water partition coefficient (Wildman–Crippen LogP) is 1.47. The summed E-state index contributed by atoms with van der Waals surface area (Å²) in [7, 11) is 0. The maximum atomic E-state index is 11.8. The van der Waals surface area contributed by atoms with Crippen LogP contribution in [0.25, 0.3) is 0 Å². The van der Waals surface area contributed by atoms with Crippen LogP contribution in [0.5, 0.6) is 0 Å². The Kier molecular flexibility index (Phi) is 4.85. The van der Waals surface area contributed by atoms with E-state index in [2.05, 4.69) is 5.32 Å². The van der Waals surface area contributed by atoms with E-state index in [4.69, 9.17) is 10.2 Å². The Balaban J connectivity index is 2.66. The number of benzene rings is 1. The summed E-state index contributed by atoms with van der Waals surface area (Å²) in [5.41, 5.74) is 1.33. The van der Waals surface area contributed by atoms with Crippen LogP contribution in [0.4, 0.5) is 5.69 Å². The average Bonchev–Trinajstić information content (AvgIpc) is 2.37. The molecule has 3 N–H and O–H groups in total. The number of hydrogen-bond acceptors (Lipinski definition) is 3.